The van der Waals surface area contributed by atoms with Gasteiger partial charge in [0.25, 0.3) is 0 Å². The Bertz CT molecular complexity index is 1740. The molecular formula is C36H36IN5O. The van der Waals surface area contributed by atoms with Crippen LogP contribution in [0.2, 0.25) is 0 Å². The zero-order chi connectivity index (χ0) is 29.8. The van der Waals surface area contributed by atoms with Crippen molar-refractivity contribution in [2.24, 2.45) is 15.0 Å². The van der Waals surface area contributed by atoms with Crippen LogP contribution in [0.5, 0.6) is 0 Å². The Morgan fingerprint density at radius 2 is 1.35 bits per heavy atom. The molecular weight excluding hydrogens is 645 g/mol. The molecule has 4 aliphatic rings. The van der Waals surface area contributed by atoms with Gasteiger partial charge in [-0.3, -0.25) is 15.0 Å². The summed E-state index contributed by atoms with van der Waals surface area (Å²) in [6.45, 7) is 12.2. The Morgan fingerprint density at radius 1 is 0.698 bits per heavy atom. The molecule has 4 aliphatic heterocycles. The molecule has 3 aromatic carbocycles. The van der Waals surface area contributed by atoms with E-state index in [1.54, 1.807) is 0 Å². The molecule has 218 valence electrons. The first-order valence-corrected chi connectivity index (χ1v) is 15.8. The monoisotopic (exact) mass is 681 g/mol. The molecule has 0 spiro atoms. The van der Waals surface area contributed by atoms with E-state index in [-0.39, 0.29) is 0 Å². The highest BCUT2D eigenvalue weighted by Crippen LogP contribution is 2.26. The highest BCUT2D eigenvalue weighted by molar-refractivity contribution is 14.1. The Labute approximate surface area is 267 Å². The molecule has 1 saturated heterocycles. The van der Waals surface area contributed by atoms with Crippen molar-refractivity contribution in [2.45, 2.75) is 40.4 Å². The van der Waals surface area contributed by atoms with Crippen LogP contribution in [0.3, 0.4) is 0 Å². The fourth-order valence-corrected chi connectivity index (χ4v) is 6.23. The first-order chi connectivity index (χ1) is 20.9. The smallest absolute Gasteiger partial charge is 0.129 e. The fraction of sp³-hybridized carbons (Fsp3) is 0.278. The maximum absolute atomic E-state index is 5.42. The van der Waals surface area contributed by atoms with Crippen LogP contribution in [0.1, 0.15) is 55.6 Å². The van der Waals surface area contributed by atoms with Crippen LogP contribution in [0.15, 0.2) is 87.9 Å². The lowest BCUT2D eigenvalue weighted by Gasteiger charge is -2.28. The van der Waals surface area contributed by atoms with Gasteiger partial charge in [-0.15, -0.1) is 0 Å². The molecule has 43 heavy (non-hydrogen) atoms. The normalized spacial score (nSPS) is 15.8. The van der Waals surface area contributed by atoms with Crippen LogP contribution in [0.25, 0.3) is 0 Å². The zero-order valence-electron chi connectivity index (χ0n) is 25.0. The molecule has 7 heteroatoms. The van der Waals surface area contributed by atoms with E-state index < -0.39 is 0 Å². The van der Waals surface area contributed by atoms with Crippen LogP contribution in [-0.4, -0.2) is 46.9 Å². The summed E-state index contributed by atoms with van der Waals surface area (Å²) in [5.41, 5.74) is 14.1. The van der Waals surface area contributed by atoms with E-state index in [1.165, 1.54) is 50.1 Å². The molecule has 1 aromatic heterocycles. The molecule has 0 saturated carbocycles. The van der Waals surface area contributed by atoms with Gasteiger partial charge < -0.3 is 9.64 Å². The quantitative estimate of drug-likeness (QED) is 0.211. The van der Waals surface area contributed by atoms with E-state index in [0.717, 1.165) is 66.7 Å². The molecule has 1 fully saturated rings. The minimum absolute atomic E-state index is 0.773. The first-order valence-electron chi connectivity index (χ1n) is 14.8. The Hall–Kier alpha value is -3.69. The van der Waals surface area contributed by atoms with Crippen molar-refractivity contribution in [3.05, 3.63) is 129 Å². The van der Waals surface area contributed by atoms with Crippen molar-refractivity contribution < 1.29 is 4.74 Å². The summed E-state index contributed by atoms with van der Waals surface area (Å²) >= 11 is 2.29. The minimum atomic E-state index is 0.773. The molecule has 0 N–H and O–H groups in total. The van der Waals surface area contributed by atoms with E-state index >= 15 is 0 Å². The van der Waals surface area contributed by atoms with E-state index in [2.05, 4.69) is 130 Å². The SMILES string of the molecule is Cc1ccc2c(c1)C(I)=NC2.Cc1ccc2c(c1)C(c1ccnc(N3CCOCC3)c1)=NC2.Cc1ccc2c(c1)C=NC2. The number of hydrogen-bond acceptors (Lipinski definition) is 6. The van der Waals surface area contributed by atoms with Gasteiger partial charge in [-0.1, -0.05) is 59.2 Å². The number of pyridine rings is 1. The summed E-state index contributed by atoms with van der Waals surface area (Å²) in [5, 5.41) is 0. The number of hydrogen-bond donors (Lipinski definition) is 0. The highest BCUT2D eigenvalue weighted by Gasteiger charge is 2.19. The van der Waals surface area contributed by atoms with Gasteiger partial charge in [-0.2, -0.15) is 0 Å². The summed E-state index contributed by atoms with van der Waals surface area (Å²) in [5.74, 6) is 1.02. The molecule has 0 aliphatic carbocycles. The fourth-order valence-electron chi connectivity index (χ4n) is 5.56. The number of nitrogens with zero attached hydrogens (tertiary/aromatic N) is 5. The molecule has 0 amide bonds. The molecule has 6 nitrogen and oxygen atoms in total. The van der Waals surface area contributed by atoms with Gasteiger partial charge in [-0.05, 0) is 89.9 Å². The predicted molar refractivity (Wildman–Crippen MR) is 186 cm³/mol. The molecule has 0 unspecified atom stereocenters. The number of fused-ring (bicyclic) bond motifs is 3. The van der Waals surface area contributed by atoms with E-state index in [0.29, 0.717) is 0 Å². The van der Waals surface area contributed by atoms with Crippen LogP contribution in [0, 0.1) is 20.8 Å². The van der Waals surface area contributed by atoms with Gasteiger partial charge in [0.05, 0.1) is 38.6 Å². The van der Waals surface area contributed by atoms with Gasteiger partial charge in [-0.25, -0.2) is 4.98 Å². The number of morpholine rings is 1. The predicted octanol–water partition coefficient (Wildman–Crippen LogP) is 7.20. The zero-order valence-corrected chi connectivity index (χ0v) is 27.1. The van der Waals surface area contributed by atoms with E-state index in [9.17, 15) is 0 Å². The number of aromatic nitrogens is 1. The summed E-state index contributed by atoms with van der Waals surface area (Å²) < 4.78 is 6.57. The summed E-state index contributed by atoms with van der Waals surface area (Å²) in [6, 6.07) is 23.8. The largest absolute Gasteiger partial charge is 0.378 e. The van der Waals surface area contributed by atoms with Crippen LogP contribution in [0.4, 0.5) is 5.82 Å². The van der Waals surface area contributed by atoms with Gasteiger partial charge in [0.15, 0.2) is 0 Å². The standard InChI is InChI=1S/C18H19N3O.C9H8IN.C9H9N/c1-13-2-3-15-12-20-18(16(15)10-13)14-4-5-19-17(11-14)21-6-8-22-9-7-21;1-6-2-3-7-5-11-9(10)8(7)4-6;1-7-2-3-8-5-10-6-9(8)4-7/h2-5,10-11H,6-9,12H2,1H3;2-4H,5H2,1H3;2-4,6H,5H2,1H3. The number of aliphatic imine (C=N–C) groups is 3. The van der Waals surface area contributed by atoms with Crippen LogP contribution in [-0.2, 0) is 24.4 Å². The van der Waals surface area contributed by atoms with Gasteiger partial charge >= 0.3 is 0 Å². The average Bonchev–Trinajstić information content (AvgIpc) is 3.77. The van der Waals surface area contributed by atoms with Gasteiger partial charge in [0.1, 0.15) is 9.54 Å². The molecule has 0 bridgehead atoms. The summed E-state index contributed by atoms with van der Waals surface area (Å²) in [6.07, 6.45) is 3.83. The lowest BCUT2D eigenvalue weighted by atomic mass is 9.99. The third kappa shape index (κ3) is 6.94. The minimum Gasteiger partial charge on any atom is -0.378 e. The number of ether oxygens (including phenoxy) is 1. The maximum Gasteiger partial charge on any atom is 0.129 e. The lowest BCUT2D eigenvalue weighted by Crippen LogP contribution is -2.36. The van der Waals surface area contributed by atoms with Crippen molar-refractivity contribution in [3.63, 3.8) is 0 Å². The molecule has 4 aromatic rings. The topological polar surface area (TPSA) is 62.4 Å². The maximum atomic E-state index is 5.42. The molecule has 0 radical (unpaired) electrons. The van der Waals surface area contributed by atoms with Gasteiger partial charge in [0.2, 0.25) is 0 Å². The van der Waals surface area contributed by atoms with Crippen LogP contribution >= 0.6 is 22.6 Å². The first kappa shape index (κ1) is 29.4. The number of benzene rings is 3. The van der Waals surface area contributed by atoms with E-state index in [4.69, 9.17) is 9.73 Å². The second-order valence-electron chi connectivity index (χ2n) is 11.3. The van der Waals surface area contributed by atoms with Crippen molar-refractivity contribution in [2.75, 3.05) is 31.2 Å². The molecule has 0 atom stereocenters. The van der Waals surface area contributed by atoms with Crippen molar-refractivity contribution in [1.29, 1.82) is 0 Å². The van der Waals surface area contributed by atoms with Crippen LogP contribution < -0.4 is 4.90 Å². The highest BCUT2D eigenvalue weighted by atomic mass is 127. The second-order valence-corrected chi connectivity index (χ2v) is 12.3. The lowest BCUT2D eigenvalue weighted by molar-refractivity contribution is 0.122. The van der Waals surface area contributed by atoms with Gasteiger partial charge in [0, 0.05) is 42.2 Å². The number of aryl methyl sites for hydroxylation is 3. The third-order valence-corrected chi connectivity index (χ3v) is 8.87. The molecule has 8 rings (SSSR count). The van der Waals surface area contributed by atoms with Crippen molar-refractivity contribution in [3.8, 4) is 0 Å². The third-order valence-electron chi connectivity index (χ3n) is 7.95. The van der Waals surface area contributed by atoms with Crippen molar-refractivity contribution >= 4 is 44.1 Å². The second kappa shape index (κ2) is 13.3. The Kier molecular flexibility index (Phi) is 9.09. The summed E-state index contributed by atoms with van der Waals surface area (Å²) in [4.78, 5) is 20.1. The summed E-state index contributed by atoms with van der Waals surface area (Å²) in [7, 11) is 0. The number of rotatable bonds is 2. The van der Waals surface area contributed by atoms with Crippen molar-refractivity contribution in [1.82, 2.24) is 4.98 Å². The Morgan fingerprint density at radius 3 is 2.12 bits per heavy atom. The number of halogens is 1. The molecule has 5 heterocycles. The van der Waals surface area contributed by atoms with E-state index in [1.807, 2.05) is 12.4 Å². The Balaban J connectivity index is 0.000000130. The number of anilines is 1. The average molecular weight is 682 g/mol.